The lowest BCUT2D eigenvalue weighted by Crippen LogP contribution is -2.58. The average Bonchev–Trinajstić information content (AvgIpc) is 2.69. The van der Waals surface area contributed by atoms with Gasteiger partial charge < -0.3 is 14.6 Å². The van der Waals surface area contributed by atoms with Gasteiger partial charge in [0, 0.05) is 14.2 Å². The molecule has 0 radical (unpaired) electrons. The van der Waals surface area contributed by atoms with Crippen molar-refractivity contribution in [3.8, 4) is 0 Å². The van der Waals surface area contributed by atoms with Crippen LogP contribution in [0, 0.1) is 11.8 Å². The van der Waals surface area contributed by atoms with Gasteiger partial charge in [0.05, 0.1) is 0 Å². The lowest BCUT2D eigenvalue weighted by atomic mass is 9.69. The molecule has 4 nitrogen and oxygen atoms in total. The second-order valence-corrected chi connectivity index (χ2v) is 6.99. The summed E-state index contributed by atoms with van der Waals surface area (Å²) < 4.78 is 11.0. The monoisotopic (exact) mass is 308 g/mol. The van der Waals surface area contributed by atoms with E-state index >= 15 is 0 Å². The molecule has 0 aromatic rings. The molecular weight excluding hydrogens is 291 g/mol. The quantitative estimate of drug-likeness (QED) is 0.623. The third-order valence-corrected chi connectivity index (χ3v) is 6.83. The first-order chi connectivity index (χ1) is 8.91. The molecule has 0 aromatic carbocycles. The van der Waals surface area contributed by atoms with Crippen molar-refractivity contribution in [2.45, 2.75) is 47.3 Å². The standard InChI is InChI=1S/C13H18Cl2O4/c1-18-13(19-2)11(14)7-5-3-4-6-8(7)12(13,15)10(17)9(11)16/h7-9,16H,3-6H2,1-2H3/t7-,8+,9+,11-,12+/m0/s1. The molecule has 3 saturated carbocycles. The molecule has 2 bridgehead atoms. The van der Waals surface area contributed by atoms with Gasteiger partial charge in [0.25, 0.3) is 0 Å². The van der Waals surface area contributed by atoms with Crippen molar-refractivity contribution in [2.24, 2.45) is 11.8 Å². The summed E-state index contributed by atoms with van der Waals surface area (Å²) in [5.74, 6) is -2.08. The number of carbonyl (C=O) groups excluding carboxylic acids is 1. The van der Waals surface area contributed by atoms with Crippen molar-refractivity contribution in [1.29, 1.82) is 0 Å². The minimum Gasteiger partial charge on any atom is -0.383 e. The van der Waals surface area contributed by atoms with Crippen LogP contribution < -0.4 is 0 Å². The zero-order valence-electron chi connectivity index (χ0n) is 11.0. The van der Waals surface area contributed by atoms with Crippen LogP contribution in [0.5, 0.6) is 0 Å². The first-order valence-corrected chi connectivity index (χ1v) is 7.38. The van der Waals surface area contributed by atoms with Gasteiger partial charge in [0.2, 0.25) is 5.79 Å². The number of ketones is 1. The summed E-state index contributed by atoms with van der Waals surface area (Å²) in [6.07, 6.45) is 2.34. The molecule has 0 spiro atoms. The zero-order valence-corrected chi connectivity index (χ0v) is 12.5. The topological polar surface area (TPSA) is 55.8 Å². The maximum absolute atomic E-state index is 12.5. The Hall–Kier alpha value is 0.130. The van der Waals surface area contributed by atoms with E-state index in [-0.39, 0.29) is 11.8 Å². The molecule has 3 aliphatic carbocycles. The van der Waals surface area contributed by atoms with Crippen molar-refractivity contribution < 1.29 is 19.4 Å². The number of methoxy groups -OCH3 is 2. The summed E-state index contributed by atoms with van der Waals surface area (Å²) in [5, 5.41) is 10.3. The Balaban J connectivity index is 2.24. The fraction of sp³-hybridized carbons (Fsp3) is 0.923. The van der Waals surface area contributed by atoms with E-state index in [0.29, 0.717) is 0 Å². The molecule has 5 atom stereocenters. The van der Waals surface area contributed by atoms with E-state index < -0.39 is 27.4 Å². The minimum atomic E-state index is -1.46. The van der Waals surface area contributed by atoms with Gasteiger partial charge >= 0.3 is 0 Å². The normalized spacial score (nSPS) is 51.4. The van der Waals surface area contributed by atoms with Gasteiger partial charge in [-0.2, -0.15) is 0 Å². The van der Waals surface area contributed by atoms with Crippen LogP contribution in [-0.4, -0.2) is 46.7 Å². The van der Waals surface area contributed by atoms with Crippen LogP contribution in [0.1, 0.15) is 25.7 Å². The van der Waals surface area contributed by atoms with Crippen LogP contribution in [-0.2, 0) is 14.3 Å². The summed E-state index contributed by atoms with van der Waals surface area (Å²) in [6.45, 7) is 0. The van der Waals surface area contributed by atoms with Gasteiger partial charge in [-0.3, -0.25) is 4.79 Å². The highest BCUT2D eigenvalue weighted by atomic mass is 35.5. The van der Waals surface area contributed by atoms with Gasteiger partial charge in [-0.1, -0.05) is 12.8 Å². The number of hydrogen-bond donors (Lipinski definition) is 1. The molecule has 108 valence electrons. The zero-order chi connectivity index (χ0) is 14.1. The smallest absolute Gasteiger partial charge is 0.217 e. The number of aliphatic hydroxyl groups excluding tert-OH is 1. The van der Waals surface area contributed by atoms with Gasteiger partial charge in [-0.05, 0) is 24.7 Å². The predicted molar refractivity (Wildman–Crippen MR) is 70.4 cm³/mol. The Labute approximate surface area is 122 Å². The highest BCUT2D eigenvalue weighted by Crippen LogP contribution is 2.71. The summed E-state index contributed by atoms with van der Waals surface area (Å²) in [6, 6.07) is 0. The number of rotatable bonds is 2. The third kappa shape index (κ3) is 1.18. The van der Waals surface area contributed by atoms with Crippen LogP contribution >= 0.6 is 23.2 Å². The molecule has 1 N–H and O–H groups in total. The fourth-order valence-corrected chi connectivity index (χ4v) is 6.07. The van der Waals surface area contributed by atoms with Crippen LogP contribution in [0.25, 0.3) is 0 Å². The lowest BCUT2D eigenvalue weighted by molar-refractivity contribution is -0.228. The van der Waals surface area contributed by atoms with Crippen LogP contribution in [0.2, 0.25) is 0 Å². The maximum atomic E-state index is 12.5. The molecule has 6 heteroatoms. The number of ether oxygens (including phenoxy) is 2. The lowest BCUT2D eigenvalue weighted by Gasteiger charge is -2.41. The summed E-state index contributed by atoms with van der Waals surface area (Å²) in [5.41, 5.74) is 0. The van der Waals surface area contributed by atoms with Crippen LogP contribution in [0.15, 0.2) is 0 Å². The number of fused-ring (bicyclic) bond motifs is 5. The van der Waals surface area contributed by atoms with E-state index in [4.69, 9.17) is 32.7 Å². The van der Waals surface area contributed by atoms with Gasteiger partial charge in [-0.25, -0.2) is 0 Å². The van der Waals surface area contributed by atoms with E-state index in [1.165, 1.54) is 14.2 Å². The van der Waals surface area contributed by atoms with Gasteiger partial charge in [-0.15, -0.1) is 23.2 Å². The number of aliphatic hydroxyl groups is 1. The highest BCUT2D eigenvalue weighted by molar-refractivity contribution is 6.43. The fourth-order valence-electron chi connectivity index (χ4n) is 4.69. The molecule has 3 fully saturated rings. The van der Waals surface area contributed by atoms with Gasteiger partial charge in [0.1, 0.15) is 11.0 Å². The Morgan fingerprint density at radius 2 is 1.68 bits per heavy atom. The highest BCUT2D eigenvalue weighted by Gasteiger charge is 2.88. The molecule has 0 unspecified atom stereocenters. The second-order valence-electron chi connectivity index (χ2n) is 5.77. The van der Waals surface area contributed by atoms with Crippen molar-refractivity contribution in [2.75, 3.05) is 14.2 Å². The minimum absolute atomic E-state index is 0.0620. The maximum Gasteiger partial charge on any atom is 0.217 e. The molecule has 0 amide bonds. The molecule has 0 heterocycles. The van der Waals surface area contributed by atoms with E-state index in [1.807, 2.05) is 0 Å². The number of halogens is 2. The molecule has 3 rings (SSSR count). The van der Waals surface area contributed by atoms with E-state index in [9.17, 15) is 9.90 Å². The number of hydrogen-bond acceptors (Lipinski definition) is 4. The third-order valence-electron chi connectivity index (χ3n) is 5.38. The molecule has 0 aromatic heterocycles. The Bertz CT molecular complexity index is 425. The molecule has 19 heavy (non-hydrogen) atoms. The van der Waals surface area contributed by atoms with Crippen LogP contribution in [0.3, 0.4) is 0 Å². The van der Waals surface area contributed by atoms with Crippen molar-refractivity contribution in [3.63, 3.8) is 0 Å². The SMILES string of the molecule is COC1(OC)[C@@]2(Cl)[C@H](O)C(=O)[C@]1(Cl)[C@@H]1CCCC[C@@H]12. The molecule has 0 saturated heterocycles. The largest absolute Gasteiger partial charge is 0.383 e. The molecular formula is C13H18Cl2O4. The first kappa shape index (κ1) is 14.1. The van der Waals surface area contributed by atoms with E-state index in [1.54, 1.807) is 0 Å². The van der Waals surface area contributed by atoms with Crippen LogP contribution in [0.4, 0.5) is 0 Å². The van der Waals surface area contributed by atoms with Crippen molar-refractivity contribution >= 4 is 29.0 Å². The first-order valence-electron chi connectivity index (χ1n) is 6.62. The van der Waals surface area contributed by atoms with E-state index in [2.05, 4.69) is 0 Å². The van der Waals surface area contributed by atoms with Crippen molar-refractivity contribution in [3.05, 3.63) is 0 Å². The Morgan fingerprint density at radius 1 is 1.16 bits per heavy atom. The summed E-state index contributed by atoms with van der Waals surface area (Å²) in [4.78, 5) is 9.78. The van der Waals surface area contributed by atoms with E-state index in [0.717, 1.165) is 25.7 Å². The summed E-state index contributed by atoms with van der Waals surface area (Å²) in [7, 11) is 2.86. The number of alkyl halides is 2. The Morgan fingerprint density at radius 3 is 2.21 bits per heavy atom. The number of carbonyl (C=O) groups is 1. The Kier molecular flexibility index (Phi) is 3.02. The molecule has 3 aliphatic rings. The van der Waals surface area contributed by atoms with Crippen molar-refractivity contribution in [1.82, 2.24) is 0 Å². The van der Waals surface area contributed by atoms with Gasteiger partial charge in [0.15, 0.2) is 10.7 Å². The molecule has 0 aliphatic heterocycles. The predicted octanol–water partition coefficient (Wildman–Crippen LogP) is 1.69. The number of Topliss-reactive ketones (excluding diaryl/α,β-unsaturated/α-hetero) is 1. The summed E-state index contributed by atoms with van der Waals surface area (Å²) >= 11 is 13.4. The average molecular weight is 309 g/mol. The second kappa shape index (κ2) is 4.08.